The van der Waals surface area contributed by atoms with Crippen LogP contribution >= 0.6 is 11.6 Å². The van der Waals surface area contributed by atoms with Gasteiger partial charge in [0.2, 0.25) is 5.79 Å². The Bertz CT molecular complexity index is 1220. The summed E-state index contributed by atoms with van der Waals surface area (Å²) < 4.78 is 45.1. The van der Waals surface area contributed by atoms with Gasteiger partial charge in [-0.1, -0.05) is 54.1 Å². The summed E-state index contributed by atoms with van der Waals surface area (Å²) in [4.78, 5) is 0. The topological polar surface area (TPSA) is 46.2 Å². The summed E-state index contributed by atoms with van der Waals surface area (Å²) in [6, 6.07) is 20.8. The Hall–Kier alpha value is -2.48. The summed E-state index contributed by atoms with van der Waals surface area (Å²) in [5, 5.41) is 0.594. The molecule has 0 amide bonds. The molecular weight excluding hydrogens is 495 g/mol. The fourth-order valence-electron chi connectivity index (χ4n) is 5.16. The van der Waals surface area contributed by atoms with Crippen LogP contribution in [-0.4, -0.2) is 31.7 Å². The van der Waals surface area contributed by atoms with Gasteiger partial charge in [0.15, 0.2) is 17.4 Å². The molecule has 5 nitrogen and oxygen atoms in total. The Kier molecular flexibility index (Phi) is 7.84. The first-order valence-electron chi connectivity index (χ1n) is 12.8. The zero-order valence-electron chi connectivity index (χ0n) is 21.2. The highest BCUT2D eigenvalue weighted by atomic mass is 35.5. The zero-order chi connectivity index (χ0) is 25.9. The van der Waals surface area contributed by atoms with E-state index in [0.717, 1.165) is 22.3 Å². The van der Waals surface area contributed by atoms with Gasteiger partial charge < -0.3 is 23.7 Å². The zero-order valence-corrected chi connectivity index (χ0v) is 21.9. The molecule has 0 aliphatic carbocycles. The minimum atomic E-state index is -1.02. The Morgan fingerprint density at radius 1 is 0.973 bits per heavy atom. The standard InChI is InChI=1S/C30H32ClFO5/c1-3-33-28-13-10-22(15-27(28)32)14-23-16-24(11-12-26(23)31)30-18-25(34-19-21-8-6-5-7-9-21)17-29(37-30,20-36-30)35-4-2/h5-13,15-16,25H,3-4,14,17-20H2,1-2H3. The summed E-state index contributed by atoms with van der Waals surface area (Å²) in [7, 11) is 0. The average molecular weight is 527 g/mol. The molecule has 2 bridgehead atoms. The number of halogens is 2. The molecule has 0 aromatic heterocycles. The van der Waals surface area contributed by atoms with Crippen molar-refractivity contribution in [3.8, 4) is 5.75 Å². The first-order chi connectivity index (χ1) is 17.9. The Labute approximate surface area is 222 Å². The molecule has 0 radical (unpaired) electrons. The SMILES string of the molecule is CCOc1ccc(Cc2cc(C34CC(OCc5ccccc5)CC(OCC)(CO3)O4)ccc2Cl)cc1F. The Balaban J connectivity index is 1.39. The molecule has 3 aromatic carbocycles. The van der Waals surface area contributed by atoms with Crippen LogP contribution < -0.4 is 4.74 Å². The van der Waals surface area contributed by atoms with Crippen LogP contribution in [0.4, 0.5) is 4.39 Å². The van der Waals surface area contributed by atoms with Crippen LogP contribution in [0.2, 0.25) is 5.02 Å². The van der Waals surface area contributed by atoms with Crippen LogP contribution in [0.5, 0.6) is 5.75 Å². The largest absolute Gasteiger partial charge is 0.491 e. The number of ether oxygens (including phenoxy) is 5. The van der Waals surface area contributed by atoms with Crippen molar-refractivity contribution in [1.29, 1.82) is 0 Å². The molecule has 3 unspecified atom stereocenters. The third-order valence-electron chi connectivity index (χ3n) is 6.82. The summed E-state index contributed by atoms with van der Waals surface area (Å²) >= 11 is 6.58. The molecule has 37 heavy (non-hydrogen) atoms. The lowest BCUT2D eigenvalue weighted by molar-refractivity contribution is -0.316. The summed E-state index contributed by atoms with van der Waals surface area (Å²) in [6.45, 7) is 5.50. The number of hydrogen-bond acceptors (Lipinski definition) is 5. The van der Waals surface area contributed by atoms with Crippen LogP contribution in [0.25, 0.3) is 0 Å². The summed E-state index contributed by atoms with van der Waals surface area (Å²) in [5.74, 6) is -2.03. The molecule has 2 heterocycles. The highest BCUT2D eigenvalue weighted by Crippen LogP contribution is 2.51. The molecule has 2 aliphatic heterocycles. The second-order valence-electron chi connectivity index (χ2n) is 9.49. The molecule has 2 fully saturated rings. The quantitative estimate of drug-likeness (QED) is 0.291. The maximum Gasteiger partial charge on any atom is 0.200 e. The predicted molar refractivity (Wildman–Crippen MR) is 139 cm³/mol. The maximum absolute atomic E-state index is 14.5. The van der Waals surface area contributed by atoms with Crippen molar-refractivity contribution in [3.63, 3.8) is 0 Å². The summed E-state index contributed by atoms with van der Waals surface area (Å²) in [5.41, 5.74) is 3.60. The van der Waals surface area contributed by atoms with Crippen molar-refractivity contribution in [1.82, 2.24) is 0 Å². The molecule has 3 atom stereocenters. The van der Waals surface area contributed by atoms with Gasteiger partial charge in [0.25, 0.3) is 0 Å². The van der Waals surface area contributed by atoms with Crippen LogP contribution in [0.15, 0.2) is 66.7 Å². The predicted octanol–water partition coefficient (Wildman–Crippen LogP) is 6.78. The van der Waals surface area contributed by atoms with E-state index in [1.54, 1.807) is 6.07 Å². The van der Waals surface area contributed by atoms with Gasteiger partial charge in [0.05, 0.1) is 19.3 Å². The van der Waals surface area contributed by atoms with E-state index in [0.29, 0.717) is 50.7 Å². The van der Waals surface area contributed by atoms with Gasteiger partial charge >= 0.3 is 0 Å². The second kappa shape index (κ2) is 11.1. The third-order valence-corrected chi connectivity index (χ3v) is 7.19. The van der Waals surface area contributed by atoms with Crippen LogP contribution in [0.3, 0.4) is 0 Å². The van der Waals surface area contributed by atoms with Gasteiger partial charge in [-0.05, 0) is 61.2 Å². The maximum atomic E-state index is 14.5. The molecule has 0 spiro atoms. The van der Waals surface area contributed by atoms with Crippen molar-refractivity contribution in [2.24, 2.45) is 0 Å². The molecule has 5 rings (SSSR count). The fraction of sp³-hybridized carbons (Fsp3) is 0.400. The fourth-order valence-corrected chi connectivity index (χ4v) is 5.34. The van der Waals surface area contributed by atoms with E-state index >= 15 is 0 Å². The lowest BCUT2D eigenvalue weighted by Gasteiger charge is -2.41. The van der Waals surface area contributed by atoms with Crippen molar-refractivity contribution in [2.45, 2.75) is 57.4 Å². The van der Waals surface area contributed by atoms with E-state index in [1.165, 1.54) is 6.07 Å². The highest BCUT2D eigenvalue weighted by molar-refractivity contribution is 6.31. The summed E-state index contributed by atoms with van der Waals surface area (Å²) in [6.07, 6.45) is 1.44. The van der Waals surface area contributed by atoms with Crippen molar-refractivity contribution in [3.05, 3.63) is 99.8 Å². The molecule has 196 valence electrons. The third kappa shape index (κ3) is 5.69. The minimum Gasteiger partial charge on any atom is -0.491 e. The monoisotopic (exact) mass is 526 g/mol. The molecule has 0 saturated carbocycles. The van der Waals surface area contributed by atoms with Crippen molar-refractivity contribution < 1.29 is 28.1 Å². The molecule has 7 heteroatoms. The van der Waals surface area contributed by atoms with Gasteiger partial charge in [-0.2, -0.15) is 0 Å². The second-order valence-corrected chi connectivity index (χ2v) is 9.90. The smallest absolute Gasteiger partial charge is 0.200 e. The van der Waals surface area contributed by atoms with Crippen LogP contribution in [-0.2, 0) is 37.8 Å². The van der Waals surface area contributed by atoms with Gasteiger partial charge in [-0.25, -0.2) is 4.39 Å². The lowest BCUT2D eigenvalue weighted by atomic mass is 9.91. The van der Waals surface area contributed by atoms with E-state index in [4.69, 9.17) is 35.3 Å². The number of hydrogen-bond donors (Lipinski definition) is 0. The Morgan fingerprint density at radius 3 is 2.57 bits per heavy atom. The Morgan fingerprint density at radius 2 is 1.81 bits per heavy atom. The van der Waals surface area contributed by atoms with E-state index in [-0.39, 0.29) is 17.7 Å². The van der Waals surface area contributed by atoms with Crippen LogP contribution in [0, 0.1) is 5.82 Å². The van der Waals surface area contributed by atoms with Gasteiger partial charge in [0, 0.05) is 30.0 Å². The number of fused-ring (bicyclic) bond motifs is 2. The van der Waals surface area contributed by atoms with E-state index < -0.39 is 11.6 Å². The first kappa shape index (κ1) is 26.1. The van der Waals surface area contributed by atoms with Crippen LogP contribution in [0.1, 0.15) is 48.9 Å². The van der Waals surface area contributed by atoms with Gasteiger partial charge in [-0.15, -0.1) is 0 Å². The molecule has 0 N–H and O–H groups in total. The number of rotatable bonds is 10. The highest BCUT2D eigenvalue weighted by Gasteiger charge is 2.58. The minimum absolute atomic E-state index is 0.123. The first-order valence-corrected chi connectivity index (χ1v) is 13.2. The molecule has 2 saturated heterocycles. The lowest BCUT2D eigenvalue weighted by Crippen LogP contribution is -2.48. The van der Waals surface area contributed by atoms with Gasteiger partial charge in [-0.3, -0.25) is 0 Å². The van der Waals surface area contributed by atoms with E-state index in [2.05, 4.69) is 0 Å². The number of benzene rings is 3. The van der Waals surface area contributed by atoms with Crippen molar-refractivity contribution >= 4 is 11.6 Å². The average Bonchev–Trinajstić information content (AvgIpc) is 3.17. The molecule has 3 aromatic rings. The normalized spacial score (nSPS) is 24.8. The van der Waals surface area contributed by atoms with Gasteiger partial charge in [0.1, 0.15) is 6.61 Å². The van der Waals surface area contributed by atoms with E-state index in [1.807, 2.05) is 68.4 Å². The van der Waals surface area contributed by atoms with E-state index in [9.17, 15) is 4.39 Å². The van der Waals surface area contributed by atoms with Crippen molar-refractivity contribution in [2.75, 3.05) is 19.8 Å². The molecular formula is C30H32ClFO5. The molecule has 2 aliphatic rings.